The van der Waals surface area contributed by atoms with E-state index in [4.69, 9.17) is 0 Å². The van der Waals surface area contributed by atoms with E-state index in [0.29, 0.717) is 12.8 Å². The van der Waals surface area contributed by atoms with Gasteiger partial charge in [0.15, 0.2) is 0 Å². The van der Waals surface area contributed by atoms with Crippen LogP contribution in [0.1, 0.15) is 141 Å². The highest BCUT2D eigenvalue weighted by Gasteiger charge is 2.00. The van der Waals surface area contributed by atoms with Crippen LogP contribution in [0.15, 0.2) is 109 Å². The van der Waals surface area contributed by atoms with Gasteiger partial charge in [-0.1, -0.05) is 211 Å². The standard InChI is InChI=1S/C48H68O4/c1-51-47(49)45-43-41-39-37-35-33-31-29-27-25-23-21-19-17-15-13-11-9-7-5-3-4-6-8-10-12-14-16-18-20-22-24-26-28-30-32-34-36-38-40-42-44-46-48(50)52-2/h3-20H,25-46H2,1-2H3/b4-3+,7-5+,8-6+,11-9+,12-10+,15-13+,16-14+,19-17+,20-18+. The second-order valence-electron chi connectivity index (χ2n) is 12.6. The molecular formula is C48H68O4. The Labute approximate surface area is 318 Å². The van der Waals surface area contributed by atoms with Crippen LogP contribution in [0.4, 0.5) is 0 Å². The first kappa shape index (κ1) is 47.7. The van der Waals surface area contributed by atoms with Gasteiger partial charge in [-0.15, -0.1) is 0 Å². The number of unbranched alkanes of at least 4 members (excludes halogenated alkanes) is 18. The third kappa shape index (κ3) is 41.9. The summed E-state index contributed by atoms with van der Waals surface area (Å²) in [5.41, 5.74) is 0. The first-order valence-electron chi connectivity index (χ1n) is 19.8. The summed E-state index contributed by atoms with van der Waals surface area (Å²) in [4.78, 5) is 22.1. The average molecular weight is 709 g/mol. The minimum Gasteiger partial charge on any atom is -0.469 e. The van der Waals surface area contributed by atoms with Gasteiger partial charge >= 0.3 is 11.9 Å². The Bertz CT molecular complexity index is 1160. The molecule has 0 radical (unpaired) electrons. The summed E-state index contributed by atoms with van der Waals surface area (Å²) < 4.78 is 9.33. The second kappa shape index (κ2) is 42.9. The molecular weight excluding hydrogens is 641 g/mol. The minimum absolute atomic E-state index is 0.0935. The SMILES string of the molecule is COC(=O)CCCCCCCCCCCC#C/C=C/C=C/C=C/C=C/C=C/C=C/C=C/C=C/C=C/C#CCCCCCCCCCCCC(=O)OC. The summed E-state index contributed by atoms with van der Waals surface area (Å²) in [5, 5.41) is 0. The van der Waals surface area contributed by atoms with Gasteiger partial charge in [-0.3, -0.25) is 9.59 Å². The van der Waals surface area contributed by atoms with Crippen LogP contribution in [0, 0.1) is 23.7 Å². The lowest BCUT2D eigenvalue weighted by molar-refractivity contribution is -0.141. The van der Waals surface area contributed by atoms with Crippen molar-refractivity contribution in [3.8, 4) is 23.7 Å². The van der Waals surface area contributed by atoms with E-state index in [0.717, 1.165) is 38.5 Å². The molecule has 4 nitrogen and oxygen atoms in total. The Kier molecular flexibility index (Phi) is 39.4. The quantitative estimate of drug-likeness (QED) is 0.0323. The van der Waals surface area contributed by atoms with Gasteiger partial charge in [0.25, 0.3) is 0 Å². The van der Waals surface area contributed by atoms with E-state index in [1.165, 1.54) is 104 Å². The molecule has 0 spiro atoms. The van der Waals surface area contributed by atoms with Crippen molar-refractivity contribution in [2.24, 2.45) is 0 Å². The fourth-order valence-electron chi connectivity index (χ4n) is 5.01. The molecule has 0 bridgehead atoms. The topological polar surface area (TPSA) is 52.6 Å². The maximum absolute atomic E-state index is 11.1. The van der Waals surface area contributed by atoms with Gasteiger partial charge in [0, 0.05) is 25.7 Å². The zero-order valence-electron chi connectivity index (χ0n) is 32.6. The largest absolute Gasteiger partial charge is 0.469 e. The number of carbonyl (C=O) groups excluding carboxylic acids is 2. The smallest absolute Gasteiger partial charge is 0.305 e. The highest BCUT2D eigenvalue weighted by Crippen LogP contribution is 2.12. The van der Waals surface area contributed by atoms with Crippen molar-refractivity contribution < 1.29 is 19.1 Å². The second-order valence-corrected chi connectivity index (χ2v) is 12.6. The van der Waals surface area contributed by atoms with Crippen molar-refractivity contribution in [2.75, 3.05) is 14.2 Å². The molecule has 0 N–H and O–H groups in total. The van der Waals surface area contributed by atoms with E-state index in [1.54, 1.807) is 0 Å². The average Bonchev–Trinajstić information content (AvgIpc) is 3.16. The molecule has 0 rings (SSSR count). The number of hydrogen-bond acceptors (Lipinski definition) is 4. The highest BCUT2D eigenvalue weighted by molar-refractivity contribution is 5.69. The van der Waals surface area contributed by atoms with Crippen LogP contribution in [0.25, 0.3) is 0 Å². The van der Waals surface area contributed by atoms with Crippen LogP contribution in [0.3, 0.4) is 0 Å². The van der Waals surface area contributed by atoms with Gasteiger partial charge in [-0.25, -0.2) is 0 Å². The lowest BCUT2D eigenvalue weighted by atomic mass is 10.1. The normalized spacial score (nSPS) is 12.1. The molecule has 0 aromatic carbocycles. The van der Waals surface area contributed by atoms with Crippen LogP contribution >= 0.6 is 0 Å². The van der Waals surface area contributed by atoms with Crippen molar-refractivity contribution in [2.45, 2.75) is 141 Å². The summed E-state index contributed by atoms with van der Waals surface area (Å²) in [5.74, 6) is 12.5. The predicted octanol–water partition coefficient (Wildman–Crippen LogP) is 12.9. The highest BCUT2D eigenvalue weighted by atomic mass is 16.5. The number of hydrogen-bond donors (Lipinski definition) is 0. The van der Waals surface area contributed by atoms with Crippen molar-refractivity contribution in [3.05, 3.63) is 109 Å². The van der Waals surface area contributed by atoms with Gasteiger partial charge in [-0.05, 0) is 37.8 Å². The fourth-order valence-corrected chi connectivity index (χ4v) is 5.01. The van der Waals surface area contributed by atoms with Crippen molar-refractivity contribution in [1.82, 2.24) is 0 Å². The Balaban J connectivity index is 3.69. The number of carbonyl (C=O) groups is 2. The number of ether oxygens (including phenoxy) is 2. The van der Waals surface area contributed by atoms with Crippen molar-refractivity contribution in [3.63, 3.8) is 0 Å². The van der Waals surface area contributed by atoms with E-state index >= 15 is 0 Å². The Morgan fingerprint density at radius 3 is 0.846 bits per heavy atom. The summed E-state index contributed by atoms with van der Waals surface area (Å²) >= 11 is 0. The zero-order chi connectivity index (χ0) is 37.7. The molecule has 0 aliphatic heterocycles. The molecule has 0 aromatic heterocycles. The molecule has 0 unspecified atom stereocenters. The van der Waals surface area contributed by atoms with Gasteiger partial charge in [0.05, 0.1) is 14.2 Å². The van der Waals surface area contributed by atoms with Crippen molar-refractivity contribution in [1.29, 1.82) is 0 Å². The maximum Gasteiger partial charge on any atom is 0.305 e. The molecule has 0 saturated heterocycles. The number of esters is 2. The van der Waals surface area contributed by atoms with Gasteiger partial charge in [0.2, 0.25) is 0 Å². The van der Waals surface area contributed by atoms with Crippen LogP contribution in [0.5, 0.6) is 0 Å². The monoisotopic (exact) mass is 709 g/mol. The maximum atomic E-state index is 11.1. The first-order chi connectivity index (χ1) is 25.7. The molecule has 0 fully saturated rings. The van der Waals surface area contributed by atoms with Crippen LogP contribution in [0.2, 0.25) is 0 Å². The molecule has 0 saturated carbocycles. The third-order valence-electron chi connectivity index (χ3n) is 8.05. The number of rotatable bonds is 30. The van der Waals surface area contributed by atoms with E-state index < -0.39 is 0 Å². The summed E-state index contributed by atoms with van der Waals surface area (Å²) in [7, 11) is 2.91. The van der Waals surface area contributed by atoms with Gasteiger partial charge in [0.1, 0.15) is 0 Å². The van der Waals surface area contributed by atoms with Gasteiger partial charge in [-0.2, -0.15) is 0 Å². The molecule has 0 aromatic rings. The van der Waals surface area contributed by atoms with Crippen LogP contribution < -0.4 is 0 Å². The molecule has 284 valence electrons. The summed E-state index contributed by atoms with van der Waals surface area (Å²) in [6.07, 6.45) is 60.5. The Morgan fingerprint density at radius 2 is 0.577 bits per heavy atom. The lowest BCUT2D eigenvalue weighted by Gasteiger charge is -2.01. The lowest BCUT2D eigenvalue weighted by Crippen LogP contribution is -1.99. The number of methoxy groups -OCH3 is 2. The van der Waals surface area contributed by atoms with Crippen LogP contribution in [-0.4, -0.2) is 26.2 Å². The van der Waals surface area contributed by atoms with E-state index in [1.807, 2.05) is 109 Å². The van der Waals surface area contributed by atoms with E-state index in [9.17, 15) is 9.59 Å². The first-order valence-corrected chi connectivity index (χ1v) is 19.8. The zero-order valence-corrected chi connectivity index (χ0v) is 32.6. The summed E-state index contributed by atoms with van der Waals surface area (Å²) in [6, 6.07) is 0. The molecule has 4 heteroatoms. The Morgan fingerprint density at radius 1 is 0.346 bits per heavy atom. The number of allylic oxidation sites excluding steroid dienone is 18. The minimum atomic E-state index is -0.0935. The Hall–Kier alpha value is -4.28. The molecule has 0 aliphatic carbocycles. The molecule has 0 aliphatic rings. The third-order valence-corrected chi connectivity index (χ3v) is 8.05. The molecule has 0 atom stereocenters. The molecule has 52 heavy (non-hydrogen) atoms. The van der Waals surface area contributed by atoms with Crippen LogP contribution in [-0.2, 0) is 19.1 Å². The van der Waals surface area contributed by atoms with E-state index in [-0.39, 0.29) is 11.9 Å². The van der Waals surface area contributed by atoms with Crippen molar-refractivity contribution >= 4 is 11.9 Å². The molecule has 0 amide bonds. The summed E-state index contributed by atoms with van der Waals surface area (Å²) in [6.45, 7) is 0. The van der Waals surface area contributed by atoms with Gasteiger partial charge < -0.3 is 9.47 Å². The molecule has 0 heterocycles. The van der Waals surface area contributed by atoms with E-state index in [2.05, 4.69) is 33.2 Å². The predicted molar refractivity (Wildman–Crippen MR) is 223 cm³/mol. The fraction of sp³-hybridized carbons (Fsp3) is 0.500.